The van der Waals surface area contributed by atoms with Gasteiger partial charge in [-0.3, -0.25) is 0 Å². The molecule has 1 aliphatic rings. The van der Waals surface area contributed by atoms with Gasteiger partial charge in [0.25, 0.3) is 0 Å². The first-order chi connectivity index (χ1) is 4.97. The average Bonchev–Trinajstić information content (AvgIpc) is 2.10. The summed E-state index contributed by atoms with van der Waals surface area (Å²) in [5, 5.41) is 9.56. The summed E-state index contributed by atoms with van der Waals surface area (Å²) < 4.78 is 34.9. The normalized spacial score (nSPS) is 19.7. The number of aliphatic hydroxyl groups is 1. The smallest absolute Gasteiger partial charge is 0.403 e. The number of halogens is 3. The van der Waals surface area contributed by atoms with E-state index in [9.17, 15) is 13.2 Å². The van der Waals surface area contributed by atoms with Gasteiger partial charge in [-0.25, -0.2) is 5.01 Å². The van der Waals surface area contributed by atoms with Crippen molar-refractivity contribution in [2.75, 3.05) is 13.1 Å². The lowest BCUT2D eigenvalue weighted by atomic mass is 10.5. The Morgan fingerprint density at radius 2 is 2.27 bits per heavy atom. The molecular weight excluding hydrogens is 161 g/mol. The van der Waals surface area contributed by atoms with Crippen LogP contribution in [0, 0.1) is 0 Å². The van der Waals surface area contributed by atoms with E-state index < -0.39 is 12.7 Å². The fourth-order valence-electron chi connectivity index (χ4n) is 0.771. The van der Waals surface area contributed by atoms with Gasteiger partial charge in [0.15, 0.2) is 0 Å². The molecule has 2 N–H and O–H groups in total. The van der Waals surface area contributed by atoms with Crippen molar-refractivity contribution in [3.05, 3.63) is 12.0 Å². The highest BCUT2D eigenvalue weighted by molar-refractivity contribution is 4.97. The van der Waals surface area contributed by atoms with Crippen LogP contribution in [0.2, 0.25) is 0 Å². The second-order valence-corrected chi connectivity index (χ2v) is 2.24. The van der Waals surface area contributed by atoms with Crippen molar-refractivity contribution in [2.24, 2.45) is 0 Å². The van der Waals surface area contributed by atoms with E-state index in [0.717, 1.165) is 11.2 Å². The van der Waals surface area contributed by atoms with Crippen LogP contribution in [-0.2, 0) is 0 Å². The quantitative estimate of drug-likeness (QED) is 0.607. The molecule has 0 saturated heterocycles. The number of hydrogen-bond acceptors (Lipinski definition) is 3. The third-order valence-corrected chi connectivity index (χ3v) is 1.14. The molecule has 0 bridgehead atoms. The van der Waals surface area contributed by atoms with Crippen LogP contribution in [0.5, 0.6) is 0 Å². The van der Waals surface area contributed by atoms with E-state index in [4.69, 9.17) is 5.11 Å². The number of aliphatic hydroxyl groups excluding tert-OH is 1. The van der Waals surface area contributed by atoms with Crippen LogP contribution in [0.4, 0.5) is 13.2 Å². The van der Waals surface area contributed by atoms with Gasteiger partial charge in [0, 0.05) is 0 Å². The lowest BCUT2D eigenvalue weighted by Crippen LogP contribution is -2.38. The number of rotatable bonds is 1. The van der Waals surface area contributed by atoms with Crippen molar-refractivity contribution in [3.63, 3.8) is 0 Å². The molecule has 3 nitrogen and oxygen atoms in total. The van der Waals surface area contributed by atoms with Crippen molar-refractivity contribution < 1.29 is 18.3 Å². The summed E-state index contributed by atoms with van der Waals surface area (Å²) >= 11 is 0. The van der Waals surface area contributed by atoms with Gasteiger partial charge in [-0.2, -0.15) is 13.2 Å². The Balaban J connectivity index is 2.32. The molecule has 0 aromatic rings. The molecule has 1 rings (SSSR count). The van der Waals surface area contributed by atoms with E-state index in [-0.39, 0.29) is 12.3 Å². The van der Waals surface area contributed by atoms with E-state index >= 15 is 0 Å². The zero-order valence-electron chi connectivity index (χ0n) is 5.52. The topological polar surface area (TPSA) is 35.5 Å². The van der Waals surface area contributed by atoms with Crippen LogP contribution < -0.4 is 5.43 Å². The van der Waals surface area contributed by atoms with Gasteiger partial charge in [-0.15, -0.1) is 0 Å². The summed E-state index contributed by atoms with van der Waals surface area (Å²) in [6, 6.07) is 0. The zero-order valence-corrected chi connectivity index (χ0v) is 5.52. The first kappa shape index (κ1) is 8.19. The van der Waals surface area contributed by atoms with E-state index in [0.29, 0.717) is 0 Å². The van der Waals surface area contributed by atoms with Crippen molar-refractivity contribution in [1.82, 2.24) is 10.4 Å². The highest BCUT2D eigenvalue weighted by Crippen LogP contribution is 2.16. The Kier molecular flexibility index (Phi) is 1.95. The molecule has 6 heteroatoms. The first-order valence-electron chi connectivity index (χ1n) is 2.93. The summed E-state index contributed by atoms with van der Waals surface area (Å²) in [6.07, 6.45) is -3.10. The maximum Gasteiger partial charge on any atom is 0.403 e. The molecule has 0 radical (unpaired) electrons. The van der Waals surface area contributed by atoms with Gasteiger partial charge in [0.1, 0.15) is 12.3 Å². The van der Waals surface area contributed by atoms with E-state index in [1.54, 1.807) is 0 Å². The van der Waals surface area contributed by atoms with Gasteiger partial charge in [-0.1, -0.05) is 0 Å². The molecule has 0 atom stereocenters. The Hall–Kier alpha value is -0.910. The minimum atomic E-state index is -4.23. The molecule has 0 amide bonds. The van der Waals surface area contributed by atoms with Crippen LogP contribution in [-0.4, -0.2) is 29.4 Å². The summed E-state index contributed by atoms with van der Waals surface area (Å²) in [6.45, 7) is -1.16. The predicted octanol–water partition coefficient (Wildman–Crippen LogP) is 0.768. The SMILES string of the molecule is OC1=CNN(CC(F)(F)F)C1. The molecule has 0 aromatic heterocycles. The van der Waals surface area contributed by atoms with E-state index in [2.05, 4.69) is 5.43 Å². The maximum atomic E-state index is 11.6. The summed E-state index contributed by atoms with van der Waals surface area (Å²) in [5.74, 6) is -0.0887. The molecule has 0 saturated carbocycles. The molecule has 64 valence electrons. The fraction of sp³-hybridized carbons (Fsp3) is 0.600. The molecule has 0 spiro atoms. The van der Waals surface area contributed by atoms with Gasteiger partial charge in [0.05, 0.1) is 12.7 Å². The van der Waals surface area contributed by atoms with Gasteiger partial charge >= 0.3 is 6.18 Å². The lowest BCUT2D eigenvalue weighted by molar-refractivity contribution is -0.148. The Morgan fingerprint density at radius 3 is 2.64 bits per heavy atom. The van der Waals surface area contributed by atoms with E-state index in [1.165, 1.54) is 0 Å². The number of hydrazine groups is 1. The third kappa shape index (κ3) is 2.67. The highest BCUT2D eigenvalue weighted by atomic mass is 19.4. The molecule has 0 unspecified atom stereocenters. The third-order valence-electron chi connectivity index (χ3n) is 1.14. The average molecular weight is 168 g/mol. The largest absolute Gasteiger partial charge is 0.509 e. The summed E-state index contributed by atoms with van der Waals surface area (Å²) in [7, 11) is 0. The van der Waals surface area contributed by atoms with Crippen molar-refractivity contribution in [3.8, 4) is 0 Å². The summed E-state index contributed by atoms with van der Waals surface area (Å²) in [5.41, 5.74) is 2.26. The molecule has 1 aliphatic heterocycles. The van der Waals surface area contributed by atoms with E-state index in [1.807, 2.05) is 0 Å². The number of nitrogens with one attached hydrogen (secondary N) is 1. The van der Waals surface area contributed by atoms with Crippen LogP contribution in [0.15, 0.2) is 12.0 Å². The van der Waals surface area contributed by atoms with Crippen LogP contribution >= 0.6 is 0 Å². The molecule has 0 aliphatic carbocycles. The second-order valence-electron chi connectivity index (χ2n) is 2.24. The Bertz CT molecular complexity index is 177. The number of hydrogen-bond donors (Lipinski definition) is 2. The monoisotopic (exact) mass is 168 g/mol. The fourth-order valence-corrected chi connectivity index (χ4v) is 0.771. The molecule has 1 heterocycles. The zero-order chi connectivity index (χ0) is 8.48. The van der Waals surface area contributed by atoms with Crippen molar-refractivity contribution in [2.45, 2.75) is 6.18 Å². The van der Waals surface area contributed by atoms with Crippen molar-refractivity contribution >= 4 is 0 Å². The predicted molar refractivity (Wildman–Crippen MR) is 31.5 cm³/mol. The Labute approximate surface area is 61.1 Å². The minimum absolute atomic E-state index is 0.0887. The molecular formula is C5H7F3N2O. The molecule has 0 aromatic carbocycles. The van der Waals surface area contributed by atoms with Crippen molar-refractivity contribution in [1.29, 1.82) is 0 Å². The number of nitrogens with zero attached hydrogens (tertiary/aromatic N) is 1. The second kappa shape index (κ2) is 2.61. The highest BCUT2D eigenvalue weighted by Gasteiger charge is 2.32. The maximum absolute atomic E-state index is 11.6. The van der Waals surface area contributed by atoms with Crippen LogP contribution in [0.25, 0.3) is 0 Å². The summed E-state index contributed by atoms with van der Waals surface area (Å²) in [4.78, 5) is 0. The first-order valence-corrected chi connectivity index (χ1v) is 2.93. The molecule has 0 fully saturated rings. The minimum Gasteiger partial charge on any atom is -0.509 e. The number of alkyl halides is 3. The van der Waals surface area contributed by atoms with Crippen LogP contribution in [0.3, 0.4) is 0 Å². The Morgan fingerprint density at radius 1 is 1.64 bits per heavy atom. The van der Waals surface area contributed by atoms with Gasteiger partial charge in [-0.05, 0) is 0 Å². The lowest BCUT2D eigenvalue weighted by Gasteiger charge is -2.16. The molecule has 11 heavy (non-hydrogen) atoms. The van der Waals surface area contributed by atoms with Gasteiger partial charge < -0.3 is 10.5 Å². The standard InChI is InChI=1S/C5H7F3N2O/c6-5(7,8)3-10-2-4(11)1-9-10/h1,9,11H,2-3H2. The van der Waals surface area contributed by atoms with Crippen LogP contribution in [0.1, 0.15) is 0 Å². The van der Waals surface area contributed by atoms with Gasteiger partial charge in [0.2, 0.25) is 0 Å².